The van der Waals surface area contributed by atoms with Crippen LogP contribution < -0.4 is 0 Å². The van der Waals surface area contributed by atoms with E-state index in [-0.39, 0.29) is 5.78 Å². The van der Waals surface area contributed by atoms with Crippen molar-refractivity contribution in [2.24, 2.45) is 0 Å². The summed E-state index contributed by atoms with van der Waals surface area (Å²) in [7, 11) is 0. The van der Waals surface area contributed by atoms with E-state index >= 15 is 0 Å². The molecule has 4 nitrogen and oxygen atoms in total. The van der Waals surface area contributed by atoms with Gasteiger partial charge in [0.15, 0.2) is 5.69 Å². The summed E-state index contributed by atoms with van der Waals surface area (Å²) in [5.41, 5.74) is 2.35. The number of carbonyl (C=O) groups is 1. The van der Waals surface area contributed by atoms with Crippen LogP contribution in [0.4, 0.5) is 0 Å². The van der Waals surface area contributed by atoms with Crippen LogP contribution in [0.25, 0.3) is 11.3 Å². The molecule has 5 heteroatoms. The average Bonchev–Trinajstić information content (AvgIpc) is 2.97. The lowest BCUT2D eigenvalue weighted by molar-refractivity contribution is 0.103. The molecule has 1 aromatic heterocycles. The number of aromatic amines is 1. The minimum absolute atomic E-state index is 0.148. The van der Waals surface area contributed by atoms with Crippen LogP contribution in [0, 0.1) is 0 Å². The molecular weight excluding hydrogens is 318 g/mol. The molecule has 20 heavy (non-hydrogen) atoms. The Labute approximate surface area is 124 Å². The fourth-order valence-electron chi connectivity index (χ4n) is 1.92. The topological polar surface area (TPSA) is 58.6 Å². The molecule has 0 bridgehead atoms. The SMILES string of the molecule is O=C(c1ccc(Br)cc1)c1n[nH]nc1-c1ccccc1. The second kappa shape index (κ2) is 5.38. The largest absolute Gasteiger partial charge is 0.287 e. The van der Waals surface area contributed by atoms with Gasteiger partial charge in [-0.25, -0.2) is 0 Å². The molecule has 98 valence electrons. The lowest BCUT2D eigenvalue weighted by atomic mass is 10.0. The second-order valence-electron chi connectivity index (χ2n) is 4.22. The molecule has 3 rings (SSSR count). The first-order valence-electron chi connectivity index (χ1n) is 6.02. The summed E-state index contributed by atoms with van der Waals surface area (Å²) in [6.45, 7) is 0. The predicted molar refractivity (Wildman–Crippen MR) is 79.4 cm³/mol. The van der Waals surface area contributed by atoms with Gasteiger partial charge in [0, 0.05) is 15.6 Å². The van der Waals surface area contributed by atoms with Crippen LogP contribution in [0.2, 0.25) is 0 Å². The van der Waals surface area contributed by atoms with Crippen molar-refractivity contribution < 1.29 is 4.79 Å². The highest BCUT2D eigenvalue weighted by molar-refractivity contribution is 9.10. The van der Waals surface area contributed by atoms with Gasteiger partial charge in [-0.05, 0) is 24.3 Å². The van der Waals surface area contributed by atoms with Gasteiger partial charge in [-0.2, -0.15) is 15.4 Å². The number of nitrogens with one attached hydrogen (secondary N) is 1. The summed E-state index contributed by atoms with van der Waals surface area (Å²) >= 11 is 3.35. The lowest BCUT2D eigenvalue weighted by Crippen LogP contribution is -2.03. The van der Waals surface area contributed by atoms with Crippen LogP contribution in [-0.2, 0) is 0 Å². The maximum atomic E-state index is 12.5. The van der Waals surface area contributed by atoms with Crippen molar-refractivity contribution in [1.82, 2.24) is 15.4 Å². The van der Waals surface area contributed by atoms with Gasteiger partial charge < -0.3 is 0 Å². The Kier molecular flexibility index (Phi) is 3.43. The van der Waals surface area contributed by atoms with Crippen molar-refractivity contribution in [3.05, 3.63) is 70.3 Å². The average molecular weight is 328 g/mol. The maximum Gasteiger partial charge on any atom is 0.215 e. The Morgan fingerprint density at radius 2 is 1.65 bits per heavy atom. The first-order chi connectivity index (χ1) is 9.75. The van der Waals surface area contributed by atoms with Crippen LogP contribution in [0.3, 0.4) is 0 Å². The van der Waals surface area contributed by atoms with Gasteiger partial charge in [-0.1, -0.05) is 46.3 Å². The Morgan fingerprint density at radius 1 is 0.950 bits per heavy atom. The van der Waals surface area contributed by atoms with Crippen molar-refractivity contribution >= 4 is 21.7 Å². The molecule has 0 saturated carbocycles. The summed E-state index contributed by atoms with van der Waals surface area (Å²) in [6.07, 6.45) is 0. The summed E-state index contributed by atoms with van der Waals surface area (Å²) in [5.74, 6) is -0.148. The van der Waals surface area contributed by atoms with Gasteiger partial charge in [0.2, 0.25) is 5.78 Å². The molecule has 3 aromatic rings. The fraction of sp³-hybridized carbons (Fsp3) is 0. The molecule has 2 aromatic carbocycles. The number of ketones is 1. The highest BCUT2D eigenvalue weighted by Gasteiger charge is 2.19. The Hall–Kier alpha value is -2.27. The third kappa shape index (κ3) is 2.40. The normalized spacial score (nSPS) is 10.4. The van der Waals surface area contributed by atoms with Gasteiger partial charge >= 0.3 is 0 Å². The number of benzene rings is 2. The van der Waals surface area contributed by atoms with Crippen molar-refractivity contribution in [3.8, 4) is 11.3 Å². The number of hydrogen-bond donors (Lipinski definition) is 1. The molecule has 0 radical (unpaired) electrons. The first-order valence-corrected chi connectivity index (χ1v) is 6.81. The zero-order valence-corrected chi connectivity index (χ0v) is 12.0. The molecule has 0 unspecified atom stereocenters. The van der Waals surface area contributed by atoms with Crippen molar-refractivity contribution in [3.63, 3.8) is 0 Å². The number of hydrogen-bond acceptors (Lipinski definition) is 3. The van der Waals surface area contributed by atoms with E-state index in [4.69, 9.17) is 0 Å². The molecule has 0 saturated heterocycles. The standard InChI is InChI=1S/C15H10BrN3O/c16-12-8-6-11(7-9-12)15(20)14-13(17-19-18-14)10-4-2-1-3-5-10/h1-9H,(H,17,18,19). The fourth-order valence-corrected chi connectivity index (χ4v) is 2.19. The summed E-state index contributed by atoms with van der Waals surface area (Å²) in [6, 6.07) is 16.7. The number of nitrogens with zero attached hydrogens (tertiary/aromatic N) is 2. The summed E-state index contributed by atoms with van der Waals surface area (Å²) in [5, 5.41) is 10.6. The molecule has 1 heterocycles. The van der Waals surface area contributed by atoms with E-state index in [1.807, 2.05) is 42.5 Å². The molecule has 0 aliphatic heterocycles. The van der Waals surface area contributed by atoms with Crippen molar-refractivity contribution in [2.45, 2.75) is 0 Å². The Morgan fingerprint density at radius 3 is 2.35 bits per heavy atom. The number of aromatic nitrogens is 3. The predicted octanol–water partition coefficient (Wildman–Crippen LogP) is 3.47. The van der Waals surface area contributed by atoms with Gasteiger partial charge in [-0.15, -0.1) is 0 Å². The molecule has 0 atom stereocenters. The minimum Gasteiger partial charge on any atom is -0.287 e. The van der Waals surface area contributed by atoms with E-state index < -0.39 is 0 Å². The Balaban J connectivity index is 2.02. The Bertz CT molecular complexity index is 735. The van der Waals surface area contributed by atoms with E-state index in [2.05, 4.69) is 31.3 Å². The second-order valence-corrected chi connectivity index (χ2v) is 5.14. The quantitative estimate of drug-likeness (QED) is 0.749. The molecule has 1 N–H and O–H groups in total. The van der Waals surface area contributed by atoms with E-state index in [1.165, 1.54) is 0 Å². The molecule has 0 amide bonds. The van der Waals surface area contributed by atoms with E-state index in [9.17, 15) is 4.79 Å². The molecule has 0 fully saturated rings. The van der Waals surface area contributed by atoms with Gasteiger partial charge in [0.05, 0.1) is 0 Å². The maximum absolute atomic E-state index is 12.5. The zero-order chi connectivity index (χ0) is 13.9. The summed E-state index contributed by atoms with van der Waals surface area (Å²) < 4.78 is 0.928. The zero-order valence-electron chi connectivity index (χ0n) is 10.4. The molecule has 0 spiro atoms. The van der Waals surface area contributed by atoms with Gasteiger partial charge in [-0.3, -0.25) is 4.79 Å². The van der Waals surface area contributed by atoms with Crippen LogP contribution in [0.1, 0.15) is 16.1 Å². The third-order valence-electron chi connectivity index (χ3n) is 2.92. The molecular formula is C15H10BrN3O. The molecule has 0 aliphatic carbocycles. The molecule has 0 aliphatic rings. The van der Waals surface area contributed by atoms with E-state index in [0.717, 1.165) is 10.0 Å². The van der Waals surface area contributed by atoms with E-state index in [0.29, 0.717) is 17.0 Å². The smallest absolute Gasteiger partial charge is 0.215 e. The highest BCUT2D eigenvalue weighted by Crippen LogP contribution is 2.22. The number of H-pyrrole nitrogens is 1. The van der Waals surface area contributed by atoms with Crippen molar-refractivity contribution in [2.75, 3.05) is 0 Å². The van der Waals surface area contributed by atoms with Crippen molar-refractivity contribution in [1.29, 1.82) is 0 Å². The van der Waals surface area contributed by atoms with Gasteiger partial charge in [0.1, 0.15) is 5.69 Å². The number of rotatable bonds is 3. The van der Waals surface area contributed by atoms with Crippen LogP contribution in [0.15, 0.2) is 59.1 Å². The van der Waals surface area contributed by atoms with Crippen LogP contribution in [-0.4, -0.2) is 21.2 Å². The number of halogens is 1. The van der Waals surface area contributed by atoms with Crippen LogP contribution in [0.5, 0.6) is 0 Å². The lowest BCUT2D eigenvalue weighted by Gasteiger charge is -2.01. The highest BCUT2D eigenvalue weighted by atomic mass is 79.9. The monoisotopic (exact) mass is 327 g/mol. The third-order valence-corrected chi connectivity index (χ3v) is 3.45. The number of carbonyl (C=O) groups excluding carboxylic acids is 1. The first kappa shape index (κ1) is 12.7. The minimum atomic E-state index is -0.148. The van der Waals surface area contributed by atoms with Gasteiger partial charge in [0.25, 0.3) is 0 Å². The summed E-state index contributed by atoms with van der Waals surface area (Å²) in [4.78, 5) is 12.5. The van der Waals surface area contributed by atoms with E-state index in [1.54, 1.807) is 12.1 Å². The van der Waals surface area contributed by atoms with Crippen LogP contribution >= 0.6 is 15.9 Å².